The lowest BCUT2D eigenvalue weighted by molar-refractivity contribution is 0.289. The van der Waals surface area contributed by atoms with Gasteiger partial charge in [0.25, 0.3) is 0 Å². The highest BCUT2D eigenvalue weighted by Crippen LogP contribution is 2.20. The number of benzene rings is 2. The minimum Gasteiger partial charge on any atom is -0.494 e. The Bertz CT molecular complexity index is 601. The molecule has 0 radical (unpaired) electrons. The highest BCUT2D eigenvalue weighted by atomic mass is 19.2. The summed E-state index contributed by atoms with van der Waals surface area (Å²) in [5, 5.41) is 3.09. The van der Waals surface area contributed by atoms with E-state index in [0.717, 1.165) is 17.4 Å². The molecule has 2 rings (SSSR count). The number of ether oxygens (including phenoxy) is 1. The summed E-state index contributed by atoms with van der Waals surface area (Å²) in [6.45, 7) is 2.50. The van der Waals surface area contributed by atoms with E-state index in [0.29, 0.717) is 18.6 Å². The van der Waals surface area contributed by atoms with E-state index in [4.69, 9.17) is 4.74 Å². The maximum atomic E-state index is 13.3. The molecule has 1 atom stereocenters. The number of aryl methyl sites for hydroxylation is 1. The lowest BCUT2D eigenvalue weighted by Gasteiger charge is -2.17. The van der Waals surface area contributed by atoms with Crippen molar-refractivity contribution in [3.8, 4) is 5.75 Å². The molecule has 0 fully saturated rings. The molecule has 0 heterocycles. The van der Waals surface area contributed by atoms with Gasteiger partial charge in [0, 0.05) is 12.5 Å². The third-order valence-corrected chi connectivity index (χ3v) is 3.36. The molecular weight excluding hydrogens is 272 g/mol. The quantitative estimate of drug-likeness (QED) is 0.868. The Hall–Kier alpha value is -1.94. The summed E-state index contributed by atoms with van der Waals surface area (Å²) in [6.07, 6.45) is 0.662. The second kappa shape index (κ2) is 7.18. The van der Waals surface area contributed by atoms with Crippen molar-refractivity contribution in [3.63, 3.8) is 0 Å². The maximum Gasteiger partial charge on any atom is 0.159 e. The van der Waals surface area contributed by atoms with Gasteiger partial charge in [0.2, 0.25) is 0 Å². The standard InChI is InChI=1S/C17H19F2NO/c1-12-4-3-5-14(10-12)21-9-8-17(20-2)13-6-7-15(18)16(19)11-13/h3-7,10-11,17,20H,8-9H2,1-2H3. The smallest absolute Gasteiger partial charge is 0.159 e. The zero-order chi connectivity index (χ0) is 15.2. The Kier molecular flexibility index (Phi) is 5.28. The number of halogens is 2. The highest BCUT2D eigenvalue weighted by molar-refractivity contribution is 5.27. The molecule has 2 aromatic carbocycles. The molecular formula is C17H19F2NO. The summed E-state index contributed by atoms with van der Waals surface area (Å²) in [6, 6.07) is 11.7. The van der Waals surface area contributed by atoms with E-state index >= 15 is 0 Å². The van der Waals surface area contributed by atoms with Crippen molar-refractivity contribution in [1.82, 2.24) is 5.32 Å². The fourth-order valence-corrected chi connectivity index (χ4v) is 2.21. The number of hydrogen-bond donors (Lipinski definition) is 1. The van der Waals surface area contributed by atoms with Crippen molar-refractivity contribution in [1.29, 1.82) is 0 Å². The fraction of sp³-hybridized carbons (Fsp3) is 0.294. The van der Waals surface area contributed by atoms with Gasteiger partial charge in [-0.3, -0.25) is 0 Å². The molecule has 0 spiro atoms. The molecule has 0 saturated carbocycles. The van der Waals surface area contributed by atoms with Gasteiger partial charge in [0.15, 0.2) is 11.6 Å². The molecule has 2 aromatic rings. The predicted octanol–water partition coefficient (Wildman–Crippen LogP) is 4.00. The summed E-state index contributed by atoms with van der Waals surface area (Å²) in [5.41, 5.74) is 1.85. The molecule has 0 saturated heterocycles. The van der Waals surface area contributed by atoms with Gasteiger partial charge in [0.05, 0.1) is 6.61 Å². The zero-order valence-corrected chi connectivity index (χ0v) is 12.2. The van der Waals surface area contributed by atoms with Gasteiger partial charge in [-0.25, -0.2) is 8.78 Å². The molecule has 0 aliphatic heterocycles. The van der Waals surface area contributed by atoms with Gasteiger partial charge in [-0.2, -0.15) is 0 Å². The van der Waals surface area contributed by atoms with Crippen LogP contribution in [0.1, 0.15) is 23.6 Å². The molecule has 0 amide bonds. The number of nitrogens with one attached hydrogen (secondary N) is 1. The minimum atomic E-state index is -0.829. The normalized spacial score (nSPS) is 12.2. The lowest BCUT2D eigenvalue weighted by Crippen LogP contribution is -2.19. The highest BCUT2D eigenvalue weighted by Gasteiger charge is 2.12. The van der Waals surface area contributed by atoms with Crippen molar-refractivity contribution < 1.29 is 13.5 Å². The van der Waals surface area contributed by atoms with E-state index in [1.165, 1.54) is 6.07 Å². The summed E-state index contributed by atoms with van der Waals surface area (Å²) >= 11 is 0. The van der Waals surface area contributed by atoms with Gasteiger partial charge in [-0.05, 0) is 49.4 Å². The minimum absolute atomic E-state index is 0.0788. The number of rotatable bonds is 6. The molecule has 2 nitrogen and oxygen atoms in total. The average molecular weight is 291 g/mol. The van der Waals surface area contributed by atoms with Gasteiger partial charge in [-0.1, -0.05) is 18.2 Å². The Balaban J connectivity index is 1.94. The van der Waals surface area contributed by atoms with Crippen molar-refractivity contribution in [3.05, 3.63) is 65.2 Å². The van der Waals surface area contributed by atoms with Crippen LogP contribution in [0.4, 0.5) is 8.78 Å². The fourth-order valence-electron chi connectivity index (χ4n) is 2.21. The molecule has 0 aliphatic carbocycles. The second-order valence-corrected chi connectivity index (χ2v) is 4.97. The Morgan fingerprint density at radius 3 is 2.57 bits per heavy atom. The maximum absolute atomic E-state index is 13.3. The summed E-state index contributed by atoms with van der Waals surface area (Å²) in [5.74, 6) is -0.841. The van der Waals surface area contributed by atoms with Crippen LogP contribution in [0.3, 0.4) is 0 Å². The Labute approximate surface area is 123 Å². The van der Waals surface area contributed by atoms with Crippen LogP contribution < -0.4 is 10.1 Å². The Morgan fingerprint density at radius 2 is 1.90 bits per heavy atom. The first-order valence-electron chi connectivity index (χ1n) is 6.92. The molecule has 1 unspecified atom stereocenters. The summed E-state index contributed by atoms with van der Waals surface area (Å²) < 4.78 is 31.9. The van der Waals surface area contributed by atoms with Crippen molar-refractivity contribution >= 4 is 0 Å². The monoisotopic (exact) mass is 291 g/mol. The van der Waals surface area contributed by atoms with Crippen LogP contribution in [0, 0.1) is 18.6 Å². The van der Waals surface area contributed by atoms with E-state index in [-0.39, 0.29) is 6.04 Å². The van der Waals surface area contributed by atoms with Crippen LogP contribution in [0.25, 0.3) is 0 Å². The van der Waals surface area contributed by atoms with Gasteiger partial charge in [-0.15, -0.1) is 0 Å². The third-order valence-electron chi connectivity index (χ3n) is 3.36. The Morgan fingerprint density at radius 1 is 1.10 bits per heavy atom. The van der Waals surface area contributed by atoms with Crippen molar-refractivity contribution in [2.24, 2.45) is 0 Å². The van der Waals surface area contributed by atoms with Crippen LogP contribution in [0.15, 0.2) is 42.5 Å². The molecule has 0 aliphatic rings. The molecule has 0 aromatic heterocycles. The summed E-state index contributed by atoms with van der Waals surface area (Å²) in [7, 11) is 1.79. The van der Waals surface area contributed by atoms with Crippen LogP contribution in [0.2, 0.25) is 0 Å². The molecule has 112 valence electrons. The van der Waals surface area contributed by atoms with Gasteiger partial charge in [0.1, 0.15) is 5.75 Å². The van der Waals surface area contributed by atoms with Gasteiger partial charge < -0.3 is 10.1 Å². The van der Waals surface area contributed by atoms with E-state index in [1.54, 1.807) is 13.1 Å². The van der Waals surface area contributed by atoms with E-state index in [9.17, 15) is 8.78 Å². The summed E-state index contributed by atoms with van der Waals surface area (Å²) in [4.78, 5) is 0. The van der Waals surface area contributed by atoms with E-state index in [2.05, 4.69) is 5.32 Å². The van der Waals surface area contributed by atoms with Crippen molar-refractivity contribution in [2.45, 2.75) is 19.4 Å². The SMILES string of the molecule is CNC(CCOc1cccc(C)c1)c1ccc(F)c(F)c1. The number of hydrogen-bond acceptors (Lipinski definition) is 2. The van der Waals surface area contributed by atoms with Crippen LogP contribution in [-0.4, -0.2) is 13.7 Å². The molecule has 1 N–H and O–H groups in total. The molecule has 4 heteroatoms. The van der Waals surface area contributed by atoms with Gasteiger partial charge >= 0.3 is 0 Å². The van der Waals surface area contributed by atoms with Crippen LogP contribution in [0.5, 0.6) is 5.75 Å². The van der Waals surface area contributed by atoms with E-state index < -0.39 is 11.6 Å². The third kappa shape index (κ3) is 4.26. The first-order chi connectivity index (χ1) is 10.1. The van der Waals surface area contributed by atoms with Crippen LogP contribution >= 0.6 is 0 Å². The predicted molar refractivity (Wildman–Crippen MR) is 79.4 cm³/mol. The first-order valence-corrected chi connectivity index (χ1v) is 6.92. The zero-order valence-electron chi connectivity index (χ0n) is 12.2. The first kappa shape index (κ1) is 15.4. The van der Waals surface area contributed by atoms with Crippen LogP contribution in [-0.2, 0) is 0 Å². The lowest BCUT2D eigenvalue weighted by atomic mass is 10.0. The molecule has 0 bridgehead atoms. The topological polar surface area (TPSA) is 21.3 Å². The molecule has 21 heavy (non-hydrogen) atoms. The van der Waals surface area contributed by atoms with E-state index in [1.807, 2.05) is 31.2 Å². The largest absolute Gasteiger partial charge is 0.494 e. The second-order valence-electron chi connectivity index (χ2n) is 4.97. The van der Waals surface area contributed by atoms with Crippen molar-refractivity contribution in [2.75, 3.05) is 13.7 Å². The average Bonchev–Trinajstić information content (AvgIpc) is 2.47.